The normalized spacial score (nSPS) is 18.0. The number of hydrogen-bond donors (Lipinski definition) is 2. The Bertz CT molecular complexity index is 1010. The molecule has 0 radical (unpaired) electrons. The topological polar surface area (TPSA) is 81.1 Å². The van der Waals surface area contributed by atoms with E-state index in [-0.39, 0.29) is 36.4 Å². The van der Waals surface area contributed by atoms with Gasteiger partial charge >= 0.3 is 0 Å². The molecule has 3 aromatic rings. The van der Waals surface area contributed by atoms with Crippen molar-refractivity contribution in [3.63, 3.8) is 0 Å². The number of aromatic nitrogens is 3. The van der Waals surface area contributed by atoms with Crippen molar-refractivity contribution in [2.75, 3.05) is 24.4 Å². The molecular weight excluding hydrogens is 397 g/mol. The van der Waals surface area contributed by atoms with Crippen molar-refractivity contribution in [1.82, 2.24) is 14.8 Å². The molecule has 4 rings (SSSR count). The number of amides is 1. The molecule has 7 nitrogen and oxygen atoms in total. The lowest BCUT2D eigenvalue weighted by atomic mass is 9.93. The molecule has 1 aromatic heterocycles. The van der Waals surface area contributed by atoms with Gasteiger partial charge in [0, 0.05) is 12.1 Å². The fourth-order valence-corrected chi connectivity index (χ4v) is 3.52. The first-order valence-corrected chi connectivity index (χ1v) is 9.44. The lowest BCUT2D eigenvalue weighted by Gasteiger charge is -2.31. The molecule has 1 aliphatic rings. The predicted octanol–water partition coefficient (Wildman–Crippen LogP) is 3.80. The minimum absolute atomic E-state index is 0.0541. The molecule has 1 aliphatic heterocycles. The zero-order valence-corrected chi connectivity index (χ0v) is 16.4. The van der Waals surface area contributed by atoms with Crippen LogP contribution in [-0.4, -0.2) is 34.4 Å². The fourth-order valence-electron chi connectivity index (χ4n) is 3.40. The number of rotatable bonds is 5. The van der Waals surface area contributed by atoms with Gasteiger partial charge in [0.1, 0.15) is 12.4 Å². The molecule has 150 valence electrons. The molecule has 2 aromatic carbocycles. The fraction of sp³-hybridized carbons (Fsp3) is 0.250. The van der Waals surface area contributed by atoms with E-state index in [1.807, 2.05) is 24.3 Å². The van der Waals surface area contributed by atoms with Crippen LogP contribution in [-0.2, 0) is 9.53 Å². The Kier molecular flexibility index (Phi) is 5.46. The average molecular weight is 416 g/mol. The van der Waals surface area contributed by atoms with E-state index < -0.39 is 0 Å². The van der Waals surface area contributed by atoms with Gasteiger partial charge in [-0.2, -0.15) is 4.98 Å². The van der Waals surface area contributed by atoms with Gasteiger partial charge in [-0.05, 0) is 41.8 Å². The summed E-state index contributed by atoms with van der Waals surface area (Å²) in [6, 6.07) is 13.7. The Morgan fingerprint density at radius 3 is 2.62 bits per heavy atom. The summed E-state index contributed by atoms with van der Waals surface area (Å²) in [4.78, 5) is 16.2. The average Bonchev–Trinajstić information content (AvgIpc) is 3.11. The molecule has 1 amide bonds. The highest BCUT2D eigenvalue weighted by Gasteiger charge is 2.31. The van der Waals surface area contributed by atoms with Crippen LogP contribution in [0.5, 0.6) is 0 Å². The Labute approximate surface area is 171 Å². The summed E-state index contributed by atoms with van der Waals surface area (Å²) >= 11 is 6.02. The summed E-state index contributed by atoms with van der Waals surface area (Å²) in [7, 11) is 1.44. The molecule has 2 atom stereocenters. The highest BCUT2D eigenvalue weighted by molar-refractivity contribution is 6.30. The zero-order valence-electron chi connectivity index (χ0n) is 15.6. The van der Waals surface area contributed by atoms with Crippen LogP contribution in [0.25, 0.3) is 0 Å². The molecule has 0 spiro atoms. The molecule has 0 unspecified atom stereocenters. The summed E-state index contributed by atoms with van der Waals surface area (Å²) in [6.45, 7) is -0.0912. The van der Waals surface area contributed by atoms with Gasteiger partial charge in [-0.1, -0.05) is 35.9 Å². The van der Waals surface area contributed by atoms with E-state index in [9.17, 15) is 9.18 Å². The third-order valence-electron chi connectivity index (χ3n) is 4.74. The van der Waals surface area contributed by atoms with E-state index in [0.717, 1.165) is 11.1 Å². The SMILES string of the molecule is COCC(=O)Nc1nc2n(n1)[C@H](c1ccc(F)cc1)C[C@@H](c1ccc(Cl)cc1)N2. The molecule has 2 N–H and O–H groups in total. The van der Waals surface area contributed by atoms with E-state index >= 15 is 0 Å². The van der Waals surface area contributed by atoms with E-state index in [2.05, 4.69) is 20.7 Å². The van der Waals surface area contributed by atoms with E-state index in [1.54, 1.807) is 16.8 Å². The van der Waals surface area contributed by atoms with Crippen LogP contribution < -0.4 is 10.6 Å². The van der Waals surface area contributed by atoms with Crippen molar-refractivity contribution in [3.8, 4) is 0 Å². The molecule has 0 fully saturated rings. The molecule has 0 bridgehead atoms. The number of carbonyl (C=O) groups excluding carboxylic acids is 1. The Morgan fingerprint density at radius 2 is 1.93 bits per heavy atom. The molecule has 0 aliphatic carbocycles. The molecular formula is C20H19ClFN5O2. The van der Waals surface area contributed by atoms with Crippen LogP contribution >= 0.6 is 11.6 Å². The van der Waals surface area contributed by atoms with Crippen LogP contribution in [0, 0.1) is 5.82 Å². The summed E-state index contributed by atoms with van der Waals surface area (Å²) < 4.78 is 20.0. The molecule has 0 saturated heterocycles. The number of benzene rings is 2. The number of halogens is 2. The largest absolute Gasteiger partial charge is 0.375 e. The van der Waals surface area contributed by atoms with Gasteiger partial charge in [0.15, 0.2) is 0 Å². The number of nitrogens with zero attached hydrogens (tertiary/aromatic N) is 3. The predicted molar refractivity (Wildman–Crippen MR) is 107 cm³/mol. The standard InChI is InChI=1S/C20H19ClFN5O2/c1-29-11-18(28)24-19-25-20-23-16(12-2-6-14(21)7-3-12)10-17(27(20)26-19)13-4-8-15(22)9-5-13/h2-9,16-17H,10-11H2,1H3,(H2,23,24,25,26,28)/t16-,17-/m0/s1. The van der Waals surface area contributed by atoms with Crippen molar-refractivity contribution < 1.29 is 13.9 Å². The van der Waals surface area contributed by atoms with Gasteiger partial charge in [0.05, 0.1) is 12.1 Å². The van der Waals surface area contributed by atoms with Crippen molar-refractivity contribution in [2.45, 2.75) is 18.5 Å². The van der Waals surface area contributed by atoms with E-state index in [4.69, 9.17) is 16.3 Å². The first-order valence-electron chi connectivity index (χ1n) is 9.06. The van der Waals surface area contributed by atoms with Crippen molar-refractivity contribution in [3.05, 3.63) is 70.5 Å². The summed E-state index contributed by atoms with van der Waals surface area (Å²) in [5.41, 5.74) is 1.94. The van der Waals surface area contributed by atoms with E-state index in [0.29, 0.717) is 17.4 Å². The second-order valence-corrected chi connectivity index (χ2v) is 7.17. The number of carbonyl (C=O) groups is 1. The van der Waals surface area contributed by atoms with Crippen LogP contribution in [0.15, 0.2) is 48.5 Å². The first-order chi connectivity index (χ1) is 14.0. The summed E-state index contributed by atoms with van der Waals surface area (Å²) in [6.07, 6.45) is 0.662. The lowest BCUT2D eigenvalue weighted by molar-refractivity contribution is -0.119. The van der Waals surface area contributed by atoms with Crippen molar-refractivity contribution in [1.29, 1.82) is 0 Å². The lowest BCUT2D eigenvalue weighted by Crippen LogP contribution is -2.28. The number of ether oxygens (including phenoxy) is 1. The van der Waals surface area contributed by atoms with Gasteiger partial charge in [-0.25, -0.2) is 9.07 Å². The van der Waals surface area contributed by atoms with Crippen LogP contribution in [0.3, 0.4) is 0 Å². The van der Waals surface area contributed by atoms with Crippen molar-refractivity contribution in [2.24, 2.45) is 0 Å². The summed E-state index contributed by atoms with van der Waals surface area (Å²) in [5, 5.41) is 11.1. The second-order valence-electron chi connectivity index (χ2n) is 6.74. The van der Waals surface area contributed by atoms with Crippen LogP contribution in [0.2, 0.25) is 5.02 Å². The van der Waals surface area contributed by atoms with Crippen LogP contribution in [0.1, 0.15) is 29.6 Å². The molecule has 2 heterocycles. The summed E-state index contributed by atoms with van der Waals surface area (Å²) in [5.74, 6) is 0.0444. The number of fused-ring (bicyclic) bond motifs is 1. The van der Waals surface area contributed by atoms with Gasteiger partial charge in [0.2, 0.25) is 5.95 Å². The van der Waals surface area contributed by atoms with Crippen molar-refractivity contribution >= 4 is 29.4 Å². The minimum atomic E-state index is -0.344. The quantitative estimate of drug-likeness (QED) is 0.662. The Hall–Kier alpha value is -2.97. The highest BCUT2D eigenvalue weighted by Crippen LogP contribution is 2.38. The second kappa shape index (κ2) is 8.18. The number of nitrogens with one attached hydrogen (secondary N) is 2. The Morgan fingerprint density at radius 1 is 1.24 bits per heavy atom. The monoisotopic (exact) mass is 415 g/mol. The Balaban J connectivity index is 1.69. The van der Waals surface area contributed by atoms with Gasteiger partial charge in [0.25, 0.3) is 11.9 Å². The van der Waals surface area contributed by atoms with Gasteiger partial charge in [-0.3, -0.25) is 10.1 Å². The third kappa shape index (κ3) is 4.23. The molecule has 0 saturated carbocycles. The maximum absolute atomic E-state index is 13.4. The molecule has 9 heteroatoms. The van der Waals surface area contributed by atoms with Gasteiger partial charge < -0.3 is 10.1 Å². The zero-order chi connectivity index (χ0) is 20.4. The maximum atomic E-state index is 13.4. The molecule has 29 heavy (non-hydrogen) atoms. The van der Waals surface area contributed by atoms with Crippen LogP contribution in [0.4, 0.5) is 16.3 Å². The number of methoxy groups -OCH3 is 1. The first kappa shape index (κ1) is 19.4. The number of hydrogen-bond acceptors (Lipinski definition) is 5. The van der Waals surface area contributed by atoms with Gasteiger partial charge in [-0.15, -0.1) is 5.10 Å². The maximum Gasteiger partial charge on any atom is 0.252 e. The highest BCUT2D eigenvalue weighted by atomic mass is 35.5. The number of anilines is 2. The van der Waals surface area contributed by atoms with E-state index in [1.165, 1.54) is 19.2 Å². The third-order valence-corrected chi connectivity index (χ3v) is 4.99. The minimum Gasteiger partial charge on any atom is -0.375 e. The smallest absolute Gasteiger partial charge is 0.252 e.